The summed E-state index contributed by atoms with van der Waals surface area (Å²) in [7, 11) is 0. The number of nitrogens with one attached hydrogen (secondary N) is 3. The van der Waals surface area contributed by atoms with E-state index in [-0.39, 0.29) is 11.8 Å². The molecule has 7 nitrogen and oxygen atoms in total. The van der Waals surface area contributed by atoms with Gasteiger partial charge in [0, 0.05) is 48.7 Å². The van der Waals surface area contributed by atoms with Crippen molar-refractivity contribution in [3.05, 3.63) is 51.8 Å². The molecule has 0 bridgehead atoms. The fourth-order valence-electron chi connectivity index (χ4n) is 6.50. The largest absolute Gasteiger partial charge is 0.358 e. The molecule has 190 valence electrons. The van der Waals surface area contributed by atoms with Crippen LogP contribution in [0.2, 0.25) is 0 Å². The molecule has 4 aliphatic heterocycles. The standard InChI is InChI=1S/C29H37N5O2/c1-19-25(31-24-10-15-34(29(36)26(19)24)17-16-33-13-3-2-4-14-33)18-22-27-21(20-8-11-30-12-9-20)6-5-7-23(27)32-28(22)35/h5-7,18,20,30-31H,2-4,8-17H2,1H3,(H,32,35). The van der Waals surface area contributed by atoms with E-state index in [1.165, 1.54) is 24.8 Å². The summed E-state index contributed by atoms with van der Waals surface area (Å²) in [5, 5.41) is 6.52. The normalized spacial score (nSPS) is 22.1. The smallest absolute Gasteiger partial charge is 0.256 e. The molecule has 3 N–H and O–H groups in total. The van der Waals surface area contributed by atoms with Gasteiger partial charge in [-0.05, 0) is 88.0 Å². The molecule has 4 aliphatic rings. The number of rotatable bonds is 5. The van der Waals surface area contributed by atoms with Crippen LogP contribution in [0, 0.1) is 6.92 Å². The van der Waals surface area contributed by atoms with E-state index in [0.29, 0.717) is 11.5 Å². The Balaban J connectivity index is 1.27. The molecule has 7 heteroatoms. The first-order valence-electron chi connectivity index (χ1n) is 13.7. The van der Waals surface area contributed by atoms with Gasteiger partial charge in [0.25, 0.3) is 11.8 Å². The molecule has 0 unspecified atom stereocenters. The van der Waals surface area contributed by atoms with E-state index in [1.807, 2.05) is 24.0 Å². The zero-order chi connectivity index (χ0) is 24.6. The average molecular weight is 488 g/mol. The summed E-state index contributed by atoms with van der Waals surface area (Å²) in [6.45, 7) is 8.82. The second kappa shape index (κ2) is 9.87. The number of hydrogen-bond acceptors (Lipinski definition) is 4. The van der Waals surface area contributed by atoms with Crippen LogP contribution in [-0.2, 0) is 11.2 Å². The van der Waals surface area contributed by atoms with Crippen LogP contribution >= 0.6 is 0 Å². The Labute approximate surface area is 213 Å². The minimum Gasteiger partial charge on any atom is -0.358 e. The molecule has 6 rings (SSSR count). The maximum Gasteiger partial charge on any atom is 0.256 e. The molecular weight excluding hydrogens is 450 g/mol. The van der Waals surface area contributed by atoms with Gasteiger partial charge in [-0.2, -0.15) is 0 Å². The predicted octanol–water partition coefficient (Wildman–Crippen LogP) is 3.77. The number of aromatic nitrogens is 1. The number of anilines is 1. The van der Waals surface area contributed by atoms with Crippen LogP contribution < -0.4 is 10.6 Å². The lowest BCUT2D eigenvalue weighted by atomic mass is 9.85. The molecule has 2 saturated heterocycles. The fraction of sp³-hybridized carbons (Fsp3) is 0.517. The second-order valence-electron chi connectivity index (χ2n) is 10.8. The molecule has 0 radical (unpaired) electrons. The van der Waals surface area contributed by atoms with Crippen molar-refractivity contribution in [3.63, 3.8) is 0 Å². The number of benzene rings is 1. The number of hydrogen-bond donors (Lipinski definition) is 3. The third-order valence-electron chi connectivity index (χ3n) is 8.56. The van der Waals surface area contributed by atoms with Crippen LogP contribution in [0.25, 0.3) is 11.6 Å². The summed E-state index contributed by atoms with van der Waals surface area (Å²) in [6, 6.07) is 6.23. The van der Waals surface area contributed by atoms with Gasteiger partial charge in [0.15, 0.2) is 0 Å². The van der Waals surface area contributed by atoms with Gasteiger partial charge in [0.05, 0.1) is 11.1 Å². The molecular formula is C29H37N5O2. The lowest BCUT2D eigenvalue weighted by Crippen LogP contribution is -2.43. The first-order chi connectivity index (χ1) is 17.6. The maximum atomic E-state index is 13.5. The van der Waals surface area contributed by atoms with Crippen LogP contribution in [-0.4, -0.2) is 72.4 Å². The van der Waals surface area contributed by atoms with Crippen molar-refractivity contribution in [2.45, 2.75) is 51.4 Å². The van der Waals surface area contributed by atoms with Gasteiger partial charge in [-0.3, -0.25) is 9.59 Å². The first kappa shape index (κ1) is 23.5. The Hall–Kier alpha value is -2.90. The Morgan fingerprint density at radius 1 is 1.00 bits per heavy atom. The minimum atomic E-state index is -0.0622. The lowest BCUT2D eigenvalue weighted by molar-refractivity contribution is -0.110. The zero-order valence-corrected chi connectivity index (χ0v) is 21.3. The van der Waals surface area contributed by atoms with Crippen LogP contribution in [0.3, 0.4) is 0 Å². The third kappa shape index (κ3) is 4.28. The number of carbonyl (C=O) groups is 2. The van der Waals surface area contributed by atoms with E-state index in [2.05, 4.69) is 32.7 Å². The van der Waals surface area contributed by atoms with Crippen molar-refractivity contribution in [1.82, 2.24) is 20.1 Å². The molecule has 0 spiro atoms. The monoisotopic (exact) mass is 487 g/mol. The third-order valence-corrected chi connectivity index (χ3v) is 8.56. The van der Waals surface area contributed by atoms with Crippen LogP contribution in [0.5, 0.6) is 0 Å². The summed E-state index contributed by atoms with van der Waals surface area (Å²) in [5.74, 6) is 0.511. The Morgan fingerprint density at radius 2 is 1.81 bits per heavy atom. The quantitative estimate of drug-likeness (QED) is 0.561. The molecule has 0 saturated carbocycles. The summed E-state index contributed by atoms with van der Waals surface area (Å²) in [4.78, 5) is 34.6. The highest BCUT2D eigenvalue weighted by atomic mass is 16.2. The topological polar surface area (TPSA) is 80.5 Å². The van der Waals surface area contributed by atoms with Crippen molar-refractivity contribution in [1.29, 1.82) is 0 Å². The van der Waals surface area contributed by atoms with Crippen LogP contribution in [0.15, 0.2) is 18.2 Å². The molecule has 2 aromatic rings. The second-order valence-corrected chi connectivity index (χ2v) is 10.8. The SMILES string of the molecule is Cc1c(C=C2C(=O)Nc3cccc(C4CCNCC4)c32)[nH]c2c1C(=O)N(CCN1CCCCC1)CC2. The Morgan fingerprint density at radius 3 is 2.61 bits per heavy atom. The number of fused-ring (bicyclic) bond motifs is 2. The number of piperidine rings is 2. The van der Waals surface area contributed by atoms with E-state index in [1.54, 1.807) is 0 Å². The molecule has 0 aliphatic carbocycles. The maximum absolute atomic E-state index is 13.5. The number of nitrogens with zero attached hydrogens (tertiary/aromatic N) is 2. The van der Waals surface area contributed by atoms with E-state index in [4.69, 9.17) is 0 Å². The lowest BCUT2D eigenvalue weighted by Gasteiger charge is -2.32. The van der Waals surface area contributed by atoms with Gasteiger partial charge < -0.3 is 25.4 Å². The van der Waals surface area contributed by atoms with Gasteiger partial charge in [-0.25, -0.2) is 0 Å². The van der Waals surface area contributed by atoms with Gasteiger partial charge >= 0.3 is 0 Å². The van der Waals surface area contributed by atoms with Gasteiger partial charge in [0.1, 0.15) is 0 Å². The van der Waals surface area contributed by atoms with E-state index < -0.39 is 0 Å². The Kier molecular flexibility index (Phi) is 6.44. The van der Waals surface area contributed by atoms with E-state index in [9.17, 15) is 9.59 Å². The Bertz CT molecular complexity index is 1200. The van der Waals surface area contributed by atoms with Crippen LogP contribution in [0.4, 0.5) is 5.69 Å². The highest BCUT2D eigenvalue weighted by Crippen LogP contribution is 2.41. The molecule has 2 amide bonds. The van der Waals surface area contributed by atoms with Crippen molar-refractivity contribution < 1.29 is 9.59 Å². The molecule has 1 aromatic carbocycles. The van der Waals surface area contributed by atoms with Crippen LogP contribution in [0.1, 0.15) is 76.5 Å². The average Bonchev–Trinajstić information content (AvgIpc) is 3.41. The molecule has 5 heterocycles. The highest BCUT2D eigenvalue weighted by Gasteiger charge is 2.32. The summed E-state index contributed by atoms with van der Waals surface area (Å²) in [6.07, 6.45) is 8.82. The number of likely N-dealkylation sites (tertiary alicyclic amines) is 1. The van der Waals surface area contributed by atoms with Gasteiger partial charge in [0.2, 0.25) is 0 Å². The molecule has 2 fully saturated rings. The van der Waals surface area contributed by atoms with Crippen molar-refractivity contribution in [3.8, 4) is 0 Å². The zero-order valence-electron chi connectivity index (χ0n) is 21.3. The van der Waals surface area contributed by atoms with E-state index in [0.717, 1.165) is 98.8 Å². The van der Waals surface area contributed by atoms with Crippen molar-refractivity contribution >= 4 is 29.2 Å². The highest BCUT2D eigenvalue weighted by molar-refractivity contribution is 6.35. The molecule has 0 atom stereocenters. The molecule has 36 heavy (non-hydrogen) atoms. The summed E-state index contributed by atoms with van der Waals surface area (Å²) < 4.78 is 0. The number of amides is 2. The first-order valence-corrected chi connectivity index (χ1v) is 13.7. The number of H-pyrrole nitrogens is 1. The van der Waals surface area contributed by atoms with E-state index >= 15 is 0 Å². The summed E-state index contributed by atoms with van der Waals surface area (Å²) >= 11 is 0. The fourth-order valence-corrected chi connectivity index (χ4v) is 6.50. The van der Waals surface area contributed by atoms with Crippen molar-refractivity contribution in [2.24, 2.45) is 0 Å². The van der Waals surface area contributed by atoms with Crippen molar-refractivity contribution in [2.75, 3.05) is 51.1 Å². The number of carbonyl (C=O) groups excluding carboxylic acids is 2. The van der Waals surface area contributed by atoms with Gasteiger partial charge in [-0.15, -0.1) is 0 Å². The number of aromatic amines is 1. The minimum absolute atomic E-state index is 0.0622. The van der Waals surface area contributed by atoms with Gasteiger partial charge in [-0.1, -0.05) is 18.6 Å². The molecule has 1 aromatic heterocycles. The predicted molar refractivity (Wildman–Crippen MR) is 143 cm³/mol. The summed E-state index contributed by atoms with van der Waals surface area (Å²) in [5.41, 5.74) is 7.53.